The normalized spacial score (nSPS) is 22.9. The molecule has 0 aromatic rings. The van der Waals surface area contributed by atoms with Crippen molar-refractivity contribution in [1.29, 1.82) is 0 Å². The fourth-order valence-corrected chi connectivity index (χ4v) is 1.22. The summed E-state index contributed by atoms with van der Waals surface area (Å²) in [6.45, 7) is 4.28. The Kier molecular flexibility index (Phi) is 2.84. The highest BCUT2D eigenvalue weighted by molar-refractivity contribution is 5.78. The van der Waals surface area contributed by atoms with E-state index in [1.165, 1.54) is 0 Å². The van der Waals surface area contributed by atoms with Gasteiger partial charge in [0, 0.05) is 19.6 Å². The van der Waals surface area contributed by atoms with Crippen LogP contribution in [0.2, 0.25) is 0 Å². The van der Waals surface area contributed by atoms with Crippen molar-refractivity contribution in [3.8, 4) is 0 Å². The van der Waals surface area contributed by atoms with Gasteiger partial charge in [0.15, 0.2) is 0 Å². The van der Waals surface area contributed by atoms with E-state index in [1.807, 2.05) is 4.90 Å². The molecule has 11 heavy (non-hydrogen) atoms. The third-order valence-electron chi connectivity index (χ3n) is 1.64. The minimum atomic E-state index is -0.346. The lowest BCUT2D eigenvalue weighted by Crippen LogP contribution is -2.49. The molecule has 0 aromatic carbocycles. The van der Waals surface area contributed by atoms with Gasteiger partial charge in [-0.15, -0.1) is 0 Å². The smallest absolute Gasteiger partial charge is 0.234 e. The van der Waals surface area contributed by atoms with Crippen LogP contribution in [-0.2, 0) is 4.79 Å². The fraction of sp³-hybridized carbons (Fsp3) is 0.857. The van der Waals surface area contributed by atoms with E-state index in [1.54, 1.807) is 6.92 Å². The predicted molar refractivity (Wildman–Crippen MR) is 41.1 cm³/mol. The molecule has 0 bridgehead atoms. The van der Waals surface area contributed by atoms with E-state index in [4.69, 9.17) is 5.11 Å². The van der Waals surface area contributed by atoms with Gasteiger partial charge in [-0.2, -0.15) is 0 Å². The van der Waals surface area contributed by atoms with Crippen molar-refractivity contribution in [2.45, 2.75) is 13.0 Å². The molecule has 1 heterocycles. The van der Waals surface area contributed by atoms with Crippen LogP contribution in [-0.4, -0.2) is 48.2 Å². The van der Waals surface area contributed by atoms with Crippen LogP contribution in [0, 0.1) is 0 Å². The fourth-order valence-electron chi connectivity index (χ4n) is 1.22. The SMILES string of the molecule is CC(O)CN1CCNC(=O)C1. The predicted octanol–water partition coefficient (Wildman–Crippen LogP) is -1.20. The highest BCUT2D eigenvalue weighted by Gasteiger charge is 2.16. The molecule has 64 valence electrons. The Bertz CT molecular complexity index is 147. The van der Waals surface area contributed by atoms with Gasteiger partial charge < -0.3 is 10.4 Å². The molecule has 1 atom stereocenters. The molecule has 0 aliphatic carbocycles. The van der Waals surface area contributed by atoms with Crippen LogP contribution in [0.3, 0.4) is 0 Å². The molecule has 1 rings (SSSR count). The van der Waals surface area contributed by atoms with Gasteiger partial charge in [0.2, 0.25) is 5.91 Å². The minimum Gasteiger partial charge on any atom is -0.392 e. The number of β-amino-alcohol motifs (C(OH)–C–C–N with tert-alkyl or cyclic N) is 1. The van der Waals surface area contributed by atoms with Crippen LogP contribution in [0.5, 0.6) is 0 Å². The molecule has 2 N–H and O–H groups in total. The van der Waals surface area contributed by atoms with E-state index in [0.717, 1.165) is 6.54 Å². The highest BCUT2D eigenvalue weighted by atomic mass is 16.3. The van der Waals surface area contributed by atoms with Crippen LogP contribution in [0.1, 0.15) is 6.92 Å². The van der Waals surface area contributed by atoms with Gasteiger partial charge in [-0.1, -0.05) is 0 Å². The van der Waals surface area contributed by atoms with Crippen LogP contribution in [0.4, 0.5) is 0 Å². The number of amides is 1. The maximum atomic E-state index is 10.8. The maximum absolute atomic E-state index is 10.8. The lowest BCUT2D eigenvalue weighted by Gasteiger charge is -2.27. The van der Waals surface area contributed by atoms with Gasteiger partial charge in [-0.25, -0.2) is 0 Å². The van der Waals surface area contributed by atoms with Crippen molar-refractivity contribution in [3.05, 3.63) is 0 Å². The molecular weight excluding hydrogens is 144 g/mol. The van der Waals surface area contributed by atoms with Crippen molar-refractivity contribution in [1.82, 2.24) is 10.2 Å². The lowest BCUT2D eigenvalue weighted by molar-refractivity contribution is -0.124. The summed E-state index contributed by atoms with van der Waals surface area (Å²) in [4.78, 5) is 12.8. The molecule has 0 aromatic heterocycles. The third-order valence-corrected chi connectivity index (χ3v) is 1.64. The minimum absolute atomic E-state index is 0.0527. The van der Waals surface area contributed by atoms with E-state index >= 15 is 0 Å². The van der Waals surface area contributed by atoms with E-state index in [-0.39, 0.29) is 12.0 Å². The Morgan fingerprint density at radius 3 is 3.09 bits per heavy atom. The molecule has 1 saturated heterocycles. The summed E-state index contributed by atoms with van der Waals surface area (Å²) >= 11 is 0. The average Bonchev–Trinajstić information content (AvgIpc) is 1.85. The first kappa shape index (κ1) is 8.49. The molecule has 1 unspecified atom stereocenters. The Balaban J connectivity index is 2.28. The molecule has 1 fully saturated rings. The van der Waals surface area contributed by atoms with E-state index in [0.29, 0.717) is 19.6 Å². The van der Waals surface area contributed by atoms with Crippen molar-refractivity contribution in [2.75, 3.05) is 26.2 Å². The average molecular weight is 158 g/mol. The third kappa shape index (κ3) is 2.86. The molecule has 4 heteroatoms. The summed E-state index contributed by atoms with van der Waals surface area (Å²) in [6, 6.07) is 0. The van der Waals surface area contributed by atoms with Crippen molar-refractivity contribution >= 4 is 5.91 Å². The van der Waals surface area contributed by atoms with Gasteiger partial charge in [-0.3, -0.25) is 9.69 Å². The van der Waals surface area contributed by atoms with Crippen LogP contribution >= 0.6 is 0 Å². The summed E-state index contributed by atoms with van der Waals surface area (Å²) < 4.78 is 0. The van der Waals surface area contributed by atoms with E-state index < -0.39 is 0 Å². The Hall–Kier alpha value is -0.610. The first-order chi connectivity index (χ1) is 5.18. The summed E-state index contributed by atoms with van der Waals surface area (Å²) in [5.74, 6) is 0.0527. The second kappa shape index (κ2) is 3.69. The number of aliphatic hydroxyl groups excluding tert-OH is 1. The molecular formula is C7H14N2O2. The van der Waals surface area contributed by atoms with E-state index in [2.05, 4.69) is 5.32 Å². The van der Waals surface area contributed by atoms with Crippen molar-refractivity contribution in [2.24, 2.45) is 0 Å². The van der Waals surface area contributed by atoms with Crippen LogP contribution in [0.15, 0.2) is 0 Å². The van der Waals surface area contributed by atoms with Gasteiger partial charge in [0.05, 0.1) is 12.6 Å². The number of nitrogens with zero attached hydrogens (tertiary/aromatic N) is 1. The van der Waals surface area contributed by atoms with Gasteiger partial charge in [0.1, 0.15) is 0 Å². The number of hydrogen-bond donors (Lipinski definition) is 2. The summed E-state index contributed by atoms with van der Waals surface area (Å²) in [7, 11) is 0. The van der Waals surface area contributed by atoms with Crippen LogP contribution in [0.25, 0.3) is 0 Å². The van der Waals surface area contributed by atoms with Gasteiger partial charge in [-0.05, 0) is 6.92 Å². The quantitative estimate of drug-likeness (QED) is 0.530. The number of nitrogens with one attached hydrogen (secondary N) is 1. The monoisotopic (exact) mass is 158 g/mol. The van der Waals surface area contributed by atoms with E-state index in [9.17, 15) is 4.79 Å². The highest BCUT2D eigenvalue weighted by Crippen LogP contribution is 1.94. The number of hydrogen-bond acceptors (Lipinski definition) is 3. The van der Waals surface area contributed by atoms with Gasteiger partial charge >= 0.3 is 0 Å². The zero-order valence-corrected chi connectivity index (χ0v) is 6.71. The standard InChI is InChI=1S/C7H14N2O2/c1-6(10)4-9-3-2-8-7(11)5-9/h6,10H,2-5H2,1H3,(H,8,11). The molecule has 4 nitrogen and oxygen atoms in total. The van der Waals surface area contributed by atoms with Crippen LogP contribution < -0.4 is 5.32 Å². The van der Waals surface area contributed by atoms with Crippen molar-refractivity contribution < 1.29 is 9.90 Å². The molecule has 0 radical (unpaired) electrons. The molecule has 1 amide bonds. The first-order valence-corrected chi connectivity index (χ1v) is 3.85. The summed E-state index contributed by atoms with van der Waals surface area (Å²) in [6.07, 6.45) is -0.346. The maximum Gasteiger partial charge on any atom is 0.234 e. The number of rotatable bonds is 2. The molecule has 1 aliphatic rings. The Morgan fingerprint density at radius 2 is 2.55 bits per heavy atom. The first-order valence-electron chi connectivity index (χ1n) is 3.85. The zero-order valence-electron chi connectivity index (χ0n) is 6.71. The second-order valence-corrected chi connectivity index (χ2v) is 2.93. The van der Waals surface area contributed by atoms with Gasteiger partial charge in [0.25, 0.3) is 0 Å². The summed E-state index contributed by atoms with van der Waals surface area (Å²) in [5, 5.41) is 11.7. The zero-order chi connectivity index (χ0) is 8.27. The number of carbonyl (C=O) groups excluding carboxylic acids is 1. The largest absolute Gasteiger partial charge is 0.392 e. The lowest BCUT2D eigenvalue weighted by atomic mass is 10.3. The number of piperazine rings is 1. The number of carbonyl (C=O) groups is 1. The topological polar surface area (TPSA) is 52.6 Å². The molecule has 0 saturated carbocycles. The summed E-state index contributed by atoms with van der Waals surface area (Å²) in [5.41, 5.74) is 0. The molecule has 1 aliphatic heterocycles. The Labute approximate surface area is 66.2 Å². The molecule has 0 spiro atoms. The van der Waals surface area contributed by atoms with Crippen molar-refractivity contribution in [3.63, 3.8) is 0 Å². The Morgan fingerprint density at radius 1 is 1.82 bits per heavy atom. The second-order valence-electron chi connectivity index (χ2n) is 2.93. The number of aliphatic hydroxyl groups is 1.